The van der Waals surface area contributed by atoms with E-state index in [1.807, 2.05) is 13.8 Å². The molecule has 1 aromatic heterocycles. The van der Waals surface area contributed by atoms with Crippen LogP contribution in [0.5, 0.6) is 0 Å². The maximum atomic E-state index is 6.13. The minimum atomic E-state index is 0.130. The fourth-order valence-corrected chi connectivity index (χ4v) is 4.16. The third kappa shape index (κ3) is 2.52. The number of nitrogens with one attached hydrogen (secondary N) is 1. The molecule has 3 rings (SSSR count). The lowest BCUT2D eigenvalue weighted by Crippen LogP contribution is -2.43. The van der Waals surface area contributed by atoms with Crippen LogP contribution in [0.15, 0.2) is 10.5 Å². The Morgan fingerprint density at radius 1 is 1.35 bits per heavy atom. The average molecular weight is 278 g/mol. The van der Waals surface area contributed by atoms with Gasteiger partial charge < -0.3 is 9.15 Å². The van der Waals surface area contributed by atoms with Crippen molar-refractivity contribution in [1.29, 1.82) is 0 Å². The average Bonchev–Trinajstić information content (AvgIpc) is 2.99. The van der Waals surface area contributed by atoms with Gasteiger partial charge in [-0.25, -0.2) is 0 Å². The number of hydrogen-bond donors (Lipinski definition) is 2. The largest absolute Gasteiger partial charge is 0.466 e. The Labute approximate surface area is 121 Å². The van der Waals surface area contributed by atoms with Crippen molar-refractivity contribution in [2.45, 2.75) is 64.0 Å². The van der Waals surface area contributed by atoms with Gasteiger partial charge in [-0.15, -0.1) is 0 Å². The summed E-state index contributed by atoms with van der Waals surface area (Å²) in [6, 6.07) is 2.30. The molecule has 2 fully saturated rings. The van der Waals surface area contributed by atoms with E-state index in [1.165, 1.54) is 31.2 Å². The molecule has 2 unspecified atom stereocenters. The van der Waals surface area contributed by atoms with Crippen LogP contribution in [-0.2, 0) is 4.74 Å². The highest BCUT2D eigenvalue weighted by molar-refractivity contribution is 5.25. The van der Waals surface area contributed by atoms with Crippen LogP contribution in [0.1, 0.15) is 61.7 Å². The zero-order chi connectivity index (χ0) is 14.2. The summed E-state index contributed by atoms with van der Waals surface area (Å²) in [5, 5.41) is 0. The van der Waals surface area contributed by atoms with Gasteiger partial charge in [0.1, 0.15) is 11.5 Å². The van der Waals surface area contributed by atoms with Crippen LogP contribution in [0.4, 0.5) is 0 Å². The fraction of sp³-hybridized carbons (Fsp3) is 0.750. The van der Waals surface area contributed by atoms with Crippen molar-refractivity contribution >= 4 is 0 Å². The van der Waals surface area contributed by atoms with Crippen molar-refractivity contribution in [1.82, 2.24) is 5.43 Å². The Hall–Kier alpha value is -0.840. The summed E-state index contributed by atoms with van der Waals surface area (Å²) in [7, 11) is 0. The smallest absolute Gasteiger partial charge is 0.105 e. The van der Waals surface area contributed by atoms with E-state index < -0.39 is 0 Å². The van der Waals surface area contributed by atoms with Gasteiger partial charge in [-0.2, -0.15) is 0 Å². The zero-order valence-corrected chi connectivity index (χ0v) is 12.6. The van der Waals surface area contributed by atoms with Gasteiger partial charge in [0.2, 0.25) is 0 Å². The van der Waals surface area contributed by atoms with Crippen molar-refractivity contribution in [2.24, 2.45) is 11.8 Å². The van der Waals surface area contributed by atoms with E-state index in [1.54, 1.807) is 0 Å². The zero-order valence-electron chi connectivity index (χ0n) is 12.6. The number of furan rings is 1. The maximum Gasteiger partial charge on any atom is 0.105 e. The third-order valence-electron chi connectivity index (χ3n) is 5.11. The standard InChI is InChI=1S/C16H26N2O2/c1-11-9-14(12(2)20-11)15(18-17)13-5-8-19-16(10-13)6-3-4-7-16/h9,13,15,18H,3-8,10,17H2,1-2H3. The van der Waals surface area contributed by atoms with E-state index >= 15 is 0 Å². The Balaban J connectivity index is 1.80. The molecule has 20 heavy (non-hydrogen) atoms. The van der Waals surface area contributed by atoms with Crippen LogP contribution < -0.4 is 11.3 Å². The number of hydrogen-bond acceptors (Lipinski definition) is 4. The Bertz CT molecular complexity index is 463. The fourth-order valence-electron chi connectivity index (χ4n) is 4.16. The normalized spacial score (nSPS) is 27.1. The van der Waals surface area contributed by atoms with Crippen molar-refractivity contribution in [3.63, 3.8) is 0 Å². The Kier molecular flexibility index (Phi) is 3.89. The first-order valence-electron chi connectivity index (χ1n) is 7.80. The summed E-state index contributed by atoms with van der Waals surface area (Å²) in [6.07, 6.45) is 7.22. The van der Waals surface area contributed by atoms with E-state index in [4.69, 9.17) is 15.0 Å². The van der Waals surface area contributed by atoms with Crippen LogP contribution in [-0.4, -0.2) is 12.2 Å². The number of aryl methyl sites for hydroxylation is 2. The molecule has 1 aromatic rings. The lowest BCUT2D eigenvalue weighted by molar-refractivity contribution is -0.0983. The minimum Gasteiger partial charge on any atom is -0.466 e. The first-order chi connectivity index (χ1) is 9.63. The van der Waals surface area contributed by atoms with E-state index in [0.717, 1.165) is 31.0 Å². The third-order valence-corrected chi connectivity index (χ3v) is 5.11. The summed E-state index contributed by atoms with van der Waals surface area (Å²) < 4.78 is 11.8. The maximum absolute atomic E-state index is 6.13. The van der Waals surface area contributed by atoms with E-state index in [0.29, 0.717) is 5.92 Å². The minimum absolute atomic E-state index is 0.130. The van der Waals surface area contributed by atoms with Crippen LogP contribution in [0.2, 0.25) is 0 Å². The summed E-state index contributed by atoms with van der Waals surface area (Å²) in [5.41, 5.74) is 4.38. The molecule has 1 aliphatic carbocycles. The predicted octanol–water partition coefficient (Wildman–Crippen LogP) is 3.14. The summed E-state index contributed by atoms with van der Waals surface area (Å²) in [5.74, 6) is 8.34. The molecule has 0 amide bonds. The molecule has 112 valence electrons. The van der Waals surface area contributed by atoms with Crippen molar-refractivity contribution in [2.75, 3.05) is 6.61 Å². The molecular weight excluding hydrogens is 252 g/mol. The van der Waals surface area contributed by atoms with E-state index in [9.17, 15) is 0 Å². The first-order valence-corrected chi connectivity index (χ1v) is 7.80. The number of rotatable bonds is 3. The van der Waals surface area contributed by atoms with Gasteiger partial charge in [-0.1, -0.05) is 12.8 Å². The molecule has 2 aliphatic rings. The van der Waals surface area contributed by atoms with Crippen molar-refractivity contribution < 1.29 is 9.15 Å². The van der Waals surface area contributed by atoms with Crippen LogP contribution >= 0.6 is 0 Å². The second kappa shape index (κ2) is 5.51. The molecule has 4 heteroatoms. The second-order valence-electron chi connectivity index (χ2n) is 6.50. The van der Waals surface area contributed by atoms with E-state index in [2.05, 4.69) is 11.5 Å². The quantitative estimate of drug-likeness (QED) is 0.658. The molecule has 1 saturated heterocycles. The molecule has 4 nitrogen and oxygen atoms in total. The van der Waals surface area contributed by atoms with Gasteiger partial charge in [0.05, 0.1) is 11.6 Å². The molecule has 0 aromatic carbocycles. The molecule has 2 atom stereocenters. The predicted molar refractivity (Wildman–Crippen MR) is 78.1 cm³/mol. The van der Waals surface area contributed by atoms with Gasteiger partial charge in [0.25, 0.3) is 0 Å². The van der Waals surface area contributed by atoms with Gasteiger partial charge in [0, 0.05) is 12.2 Å². The van der Waals surface area contributed by atoms with Gasteiger partial charge in [-0.3, -0.25) is 11.3 Å². The van der Waals surface area contributed by atoms with E-state index in [-0.39, 0.29) is 11.6 Å². The molecule has 3 N–H and O–H groups in total. The molecule has 1 aliphatic heterocycles. The number of nitrogens with two attached hydrogens (primary N) is 1. The summed E-state index contributed by atoms with van der Waals surface area (Å²) in [4.78, 5) is 0. The van der Waals surface area contributed by atoms with Crippen LogP contribution in [0.3, 0.4) is 0 Å². The van der Waals surface area contributed by atoms with Crippen molar-refractivity contribution in [3.05, 3.63) is 23.2 Å². The SMILES string of the molecule is Cc1cc(C(NN)C2CCOC3(CCCC3)C2)c(C)o1. The molecule has 1 saturated carbocycles. The number of hydrazine groups is 1. The topological polar surface area (TPSA) is 60.4 Å². The second-order valence-corrected chi connectivity index (χ2v) is 6.50. The van der Waals surface area contributed by atoms with Crippen molar-refractivity contribution in [3.8, 4) is 0 Å². The number of ether oxygens (including phenoxy) is 1. The van der Waals surface area contributed by atoms with Crippen LogP contribution in [0.25, 0.3) is 0 Å². The molecule has 1 spiro atoms. The highest BCUT2D eigenvalue weighted by Gasteiger charge is 2.42. The molecule has 2 heterocycles. The molecule has 0 bridgehead atoms. The Morgan fingerprint density at radius 2 is 2.10 bits per heavy atom. The lowest BCUT2D eigenvalue weighted by atomic mass is 9.79. The van der Waals surface area contributed by atoms with Crippen LogP contribution in [0, 0.1) is 19.8 Å². The van der Waals surface area contributed by atoms with Gasteiger partial charge >= 0.3 is 0 Å². The molecular formula is C16H26N2O2. The highest BCUT2D eigenvalue weighted by Crippen LogP contribution is 2.45. The van der Waals surface area contributed by atoms with Gasteiger partial charge in [0.15, 0.2) is 0 Å². The molecule has 0 radical (unpaired) electrons. The summed E-state index contributed by atoms with van der Waals surface area (Å²) in [6.45, 7) is 4.88. The summed E-state index contributed by atoms with van der Waals surface area (Å²) >= 11 is 0. The van der Waals surface area contributed by atoms with Gasteiger partial charge in [-0.05, 0) is 51.5 Å². The highest BCUT2D eigenvalue weighted by atomic mass is 16.5. The lowest BCUT2D eigenvalue weighted by Gasteiger charge is -2.41. The Morgan fingerprint density at radius 3 is 2.70 bits per heavy atom. The first kappa shape index (κ1) is 14.1. The monoisotopic (exact) mass is 278 g/mol.